The van der Waals surface area contributed by atoms with E-state index in [1.54, 1.807) is 11.8 Å². The van der Waals surface area contributed by atoms with Crippen LogP contribution in [0.4, 0.5) is 4.79 Å². The first-order valence-electron chi connectivity index (χ1n) is 6.63. The molecule has 2 fully saturated rings. The number of aliphatic carboxylic acids is 1. The zero-order valence-electron chi connectivity index (χ0n) is 11.2. The second-order valence-electron chi connectivity index (χ2n) is 5.37. The van der Waals surface area contributed by atoms with Gasteiger partial charge < -0.3 is 14.7 Å². The van der Waals surface area contributed by atoms with Gasteiger partial charge in [-0.1, -0.05) is 0 Å². The fourth-order valence-corrected chi connectivity index (χ4v) is 2.30. The van der Waals surface area contributed by atoms with Crippen molar-refractivity contribution in [3.63, 3.8) is 0 Å². The van der Waals surface area contributed by atoms with Gasteiger partial charge >= 0.3 is 12.0 Å². The second kappa shape index (κ2) is 5.75. The Bertz CT molecular complexity index is 347. The van der Waals surface area contributed by atoms with Crippen LogP contribution in [-0.4, -0.2) is 66.4 Å². The Morgan fingerprint density at radius 2 is 1.74 bits per heavy atom. The molecule has 0 aromatic rings. The van der Waals surface area contributed by atoms with Crippen molar-refractivity contribution < 1.29 is 19.4 Å². The number of carboxylic acid groups (broad SMARTS) is 1. The molecule has 2 saturated heterocycles. The van der Waals surface area contributed by atoms with Gasteiger partial charge in [-0.15, -0.1) is 0 Å². The minimum Gasteiger partial charge on any atom is -0.481 e. The molecule has 0 aliphatic carbocycles. The predicted molar refractivity (Wildman–Crippen MR) is 67.5 cm³/mol. The summed E-state index contributed by atoms with van der Waals surface area (Å²) in [6, 6.07) is -0.144. The molecular formula is C12H21N3O4. The van der Waals surface area contributed by atoms with Crippen molar-refractivity contribution in [1.82, 2.24) is 15.3 Å². The van der Waals surface area contributed by atoms with Crippen LogP contribution in [0.25, 0.3) is 0 Å². The van der Waals surface area contributed by atoms with Gasteiger partial charge in [-0.05, 0) is 19.8 Å². The summed E-state index contributed by atoms with van der Waals surface area (Å²) >= 11 is 0. The SMILES string of the molecule is CC1(C(=O)O)CCN(C(=O)NN2CCOCC2)CC1. The molecule has 0 saturated carbocycles. The van der Waals surface area contributed by atoms with Crippen LogP contribution < -0.4 is 5.43 Å². The smallest absolute Gasteiger partial charge is 0.331 e. The van der Waals surface area contributed by atoms with Crippen LogP contribution >= 0.6 is 0 Å². The molecule has 0 radical (unpaired) electrons. The third-order valence-electron chi connectivity index (χ3n) is 3.94. The first-order valence-corrected chi connectivity index (χ1v) is 6.63. The molecule has 108 valence electrons. The molecule has 0 atom stereocenters. The highest BCUT2D eigenvalue weighted by atomic mass is 16.5. The number of likely N-dealkylation sites (tertiary alicyclic amines) is 1. The lowest BCUT2D eigenvalue weighted by atomic mass is 9.80. The Kier molecular flexibility index (Phi) is 4.26. The summed E-state index contributed by atoms with van der Waals surface area (Å²) in [4.78, 5) is 24.8. The monoisotopic (exact) mass is 271 g/mol. The number of hydrazine groups is 1. The second-order valence-corrected chi connectivity index (χ2v) is 5.37. The van der Waals surface area contributed by atoms with E-state index < -0.39 is 11.4 Å². The van der Waals surface area contributed by atoms with Crippen molar-refractivity contribution in [3.05, 3.63) is 0 Å². The maximum atomic E-state index is 12.0. The van der Waals surface area contributed by atoms with Crippen LogP contribution in [-0.2, 0) is 9.53 Å². The number of urea groups is 1. The van der Waals surface area contributed by atoms with Crippen molar-refractivity contribution in [3.8, 4) is 0 Å². The van der Waals surface area contributed by atoms with Crippen molar-refractivity contribution in [2.24, 2.45) is 5.41 Å². The van der Waals surface area contributed by atoms with E-state index in [0.29, 0.717) is 52.2 Å². The molecule has 0 aromatic heterocycles. The molecule has 0 bridgehead atoms. The summed E-state index contributed by atoms with van der Waals surface area (Å²) in [6.45, 7) is 5.33. The lowest BCUT2D eigenvalue weighted by molar-refractivity contribution is -0.150. The highest BCUT2D eigenvalue weighted by Gasteiger charge is 2.38. The van der Waals surface area contributed by atoms with Crippen LogP contribution in [0.3, 0.4) is 0 Å². The minimum atomic E-state index is -0.777. The fourth-order valence-electron chi connectivity index (χ4n) is 2.30. The third kappa shape index (κ3) is 3.36. The van der Waals surface area contributed by atoms with E-state index in [1.165, 1.54) is 0 Å². The van der Waals surface area contributed by atoms with Gasteiger partial charge in [-0.2, -0.15) is 0 Å². The summed E-state index contributed by atoms with van der Waals surface area (Å²) in [5, 5.41) is 11.0. The topological polar surface area (TPSA) is 82.1 Å². The Labute approximate surface area is 112 Å². The molecule has 19 heavy (non-hydrogen) atoms. The van der Waals surface area contributed by atoms with Crippen LogP contribution in [0.15, 0.2) is 0 Å². The van der Waals surface area contributed by atoms with Gasteiger partial charge in [0.2, 0.25) is 0 Å². The van der Waals surface area contributed by atoms with Crippen molar-refractivity contribution >= 4 is 12.0 Å². The zero-order valence-corrected chi connectivity index (χ0v) is 11.2. The number of hydrogen-bond donors (Lipinski definition) is 2. The Hall–Kier alpha value is -1.34. The summed E-state index contributed by atoms with van der Waals surface area (Å²) < 4.78 is 5.21. The number of ether oxygens (including phenoxy) is 1. The third-order valence-corrected chi connectivity index (χ3v) is 3.94. The molecule has 7 nitrogen and oxygen atoms in total. The molecule has 0 aromatic carbocycles. The van der Waals surface area contributed by atoms with Crippen LogP contribution in [0.2, 0.25) is 0 Å². The van der Waals surface area contributed by atoms with Gasteiger partial charge in [0, 0.05) is 26.2 Å². The molecule has 2 amide bonds. The van der Waals surface area contributed by atoms with Crippen molar-refractivity contribution in [2.75, 3.05) is 39.4 Å². The number of hydrogen-bond acceptors (Lipinski definition) is 4. The molecule has 2 aliphatic heterocycles. The summed E-state index contributed by atoms with van der Waals surface area (Å²) in [6.07, 6.45) is 0.998. The maximum Gasteiger partial charge on any atom is 0.331 e. The standard InChI is InChI=1S/C12H21N3O4/c1-12(10(16)17)2-4-14(5-3-12)11(18)13-15-6-8-19-9-7-15/h2-9H2,1H3,(H,13,18)(H,16,17). The Balaban J connectivity index is 1.80. The van der Waals surface area contributed by atoms with E-state index in [4.69, 9.17) is 9.84 Å². The number of rotatable bonds is 2. The number of nitrogens with one attached hydrogen (secondary N) is 1. The number of carbonyl (C=O) groups is 2. The van der Waals surface area contributed by atoms with Gasteiger partial charge in [0.15, 0.2) is 0 Å². The average Bonchev–Trinajstić information content (AvgIpc) is 2.40. The number of nitrogens with zero attached hydrogens (tertiary/aromatic N) is 2. The molecule has 2 heterocycles. The number of amides is 2. The van der Waals surface area contributed by atoms with E-state index in [1.807, 2.05) is 5.01 Å². The van der Waals surface area contributed by atoms with E-state index in [9.17, 15) is 9.59 Å². The fraction of sp³-hybridized carbons (Fsp3) is 0.833. The highest BCUT2D eigenvalue weighted by Crippen LogP contribution is 2.30. The normalized spacial score (nSPS) is 23.9. The summed E-state index contributed by atoms with van der Waals surface area (Å²) in [5.74, 6) is -0.777. The highest BCUT2D eigenvalue weighted by molar-refractivity contribution is 5.76. The molecule has 2 rings (SSSR count). The van der Waals surface area contributed by atoms with E-state index in [-0.39, 0.29) is 6.03 Å². The lowest BCUT2D eigenvalue weighted by Crippen LogP contribution is -2.55. The van der Waals surface area contributed by atoms with Gasteiger partial charge in [0.25, 0.3) is 0 Å². The van der Waals surface area contributed by atoms with Crippen LogP contribution in [0.1, 0.15) is 19.8 Å². The number of morpholine rings is 1. The van der Waals surface area contributed by atoms with Crippen LogP contribution in [0, 0.1) is 5.41 Å². The van der Waals surface area contributed by atoms with Gasteiger partial charge in [-0.25, -0.2) is 9.80 Å². The van der Waals surface area contributed by atoms with Gasteiger partial charge in [0.1, 0.15) is 0 Å². The minimum absolute atomic E-state index is 0.144. The molecule has 2 aliphatic rings. The number of carbonyl (C=O) groups excluding carboxylic acids is 1. The lowest BCUT2D eigenvalue weighted by Gasteiger charge is -2.37. The first kappa shape index (κ1) is 14.1. The Morgan fingerprint density at radius 3 is 2.26 bits per heavy atom. The molecular weight excluding hydrogens is 250 g/mol. The molecule has 7 heteroatoms. The van der Waals surface area contributed by atoms with Crippen molar-refractivity contribution in [2.45, 2.75) is 19.8 Å². The molecule has 0 spiro atoms. The van der Waals surface area contributed by atoms with Gasteiger partial charge in [0.05, 0.1) is 18.6 Å². The largest absolute Gasteiger partial charge is 0.481 e. The van der Waals surface area contributed by atoms with E-state index >= 15 is 0 Å². The Morgan fingerprint density at radius 1 is 1.16 bits per heavy atom. The van der Waals surface area contributed by atoms with E-state index in [0.717, 1.165) is 0 Å². The number of piperidine rings is 1. The average molecular weight is 271 g/mol. The van der Waals surface area contributed by atoms with Gasteiger partial charge in [-0.3, -0.25) is 10.2 Å². The molecule has 0 unspecified atom stereocenters. The molecule has 2 N–H and O–H groups in total. The zero-order chi connectivity index (χ0) is 13.9. The van der Waals surface area contributed by atoms with Crippen molar-refractivity contribution in [1.29, 1.82) is 0 Å². The first-order chi connectivity index (χ1) is 9.01. The quantitative estimate of drug-likeness (QED) is 0.746. The summed E-state index contributed by atoms with van der Waals surface area (Å²) in [5.41, 5.74) is 2.14. The van der Waals surface area contributed by atoms with E-state index in [2.05, 4.69) is 5.43 Å². The van der Waals surface area contributed by atoms with Crippen LogP contribution in [0.5, 0.6) is 0 Å². The maximum absolute atomic E-state index is 12.0. The summed E-state index contributed by atoms with van der Waals surface area (Å²) in [7, 11) is 0. The number of carboxylic acids is 1. The predicted octanol–water partition coefficient (Wildman–Crippen LogP) is 0.130.